The number of carbonyl (C=O) groups excluding carboxylic acids is 1. The van der Waals surface area contributed by atoms with Crippen LogP contribution in [0, 0.1) is 0 Å². The molecule has 0 saturated carbocycles. The van der Waals surface area contributed by atoms with Gasteiger partial charge in [0.1, 0.15) is 5.82 Å². The minimum absolute atomic E-state index is 0.0110. The topological polar surface area (TPSA) is 55.2 Å². The lowest BCUT2D eigenvalue weighted by molar-refractivity contribution is -0.133. The van der Waals surface area contributed by atoms with E-state index in [1.54, 1.807) is 4.57 Å². The number of hydrogen-bond donors (Lipinski definition) is 0. The molecule has 1 unspecified atom stereocenters. The lowest BCUT2D eigenvalue weighted by atomic mass is 10.1. The van der Waals surface area contributed by atoms with E-state index in [0.29, 0.717) is 36.2 Å². The Balaban J connectivity index is 2.45. The largest absolute Gasteiger partial charge is 0.333 e. The van der Waals surface area contributed by atoms with Gasteiger partial charge in [-0.05, 0) is 38.3 Å². The van der Waals surface area contributed by atoms with Crippen LogP contribution in [0.15, 0.2) is 29.1 Å². The van der Waals surface area contributed by atoms with Crippen LogP contribution in [-0.2, 0) is 11.3 Å². The average Bonchev–Trinajstić information content (AvgIpc) is 2.70. The number of fused-ring (bicyclic) bond motifs is 1. The first-order valence-electron chi connectivity index (χ1n) is 10.8. The van der Waals surface area contributed by atoms with Gasteiger partial charge in [-0.15, -0.1) is 0 Å². The number of carbonyl (C=O) groups is 1. The van der Waals surface area contributed by atoms with Crippen LogP contribution in [-0.4, -0.2) is 26.9 Å². The molecule has 0 saturated heterocycles. The molecule has 154 valence electrons. The molecule has 0 aliphatic rings. The van der Waals surface area contributed by atoms with Crippen LogP contribution in [0.2, 0.25) is 0 Å². The summed E-state index contributed by atoms with van der Waals surface area (Å²) in [6.07, 6.45) is 6.47. The van der Waals surface area contributed by atoms with Gasteiger partial charge < -0.3 is 4.90 Å². The Labute approximate surface area is 168 Å². The standard InChI is InChI=1S/C23H35N3O2/c1-5-8-10-15-21(27)25(17-9-6-2)18(4)22-24-20-14-12-11-13-19(20)23(28)26(22)16-7-3/h11-14,18H,5-10,15-17H2,1-4H3. The third kappa shape index (κ3) is 5.21. The maximum Gasteiger partial charge on any atom is 0.261 e. The Hall–Kier alpha value is -2.17. The lowest BCUT2D eigenvalue weighted by Crippen LogP contribution is -2.38. The SMILES string of the molecule is CCCCCC(=O)N(CCCC)C(C)c1nc2ccccc2c(=O)n1CCC. The van der Waals surface area contributed by atoms with Gasteiger partial charge in [0.15, 0.2) is 0 Å². The molecular formula is C23H35N3O2. The highest BCUT2D eigenvalue weighted by atomic mass is 16.2. The van der Waals surface area contributed by atoms with Crippen molar-refractivity contribution in [3.8, 4) is 0 Å². The van der Waals surface area contributed by atoms with Crippen molar-refractivity contribution < 1.29 is 4.79 Å². The molecule has 0 N–H and O–H groups in total. The van der Waals surface area contributed by atoms with Crippen LogP contribution in [0.3, 0.4) is 0 Å². The van der Waals surface area contributed by atoms with E-state index in [4.69, 9.17) is 4.98 Å². The zero-order valence-corrected chi connectivity index (χ0v) is 17.9. The molecule has 0 spiro atoms. The molecule has 1 aromatic carbocycles. The maximum absolute atomic E-state index is 13.1. The summed E-state index contributed by atoms with van der Waals surface area (Å²) in [7, 11) is 0. The zero-order chi connectivity index (χ0) is 20.5. The van der Waals surface area contributed by atoms with Gasteiger partial charge in [-0.25, -0.2) is 4.98 Å². The molecule has 5 nitrogen and oxygen atoms in total. The summed E-state index contributed by atoms with van der Waals surface area (Å²) in [6.45, 7) is 9.66. The minimum Gasteiger partial charge on any atom is -0.333 e. The van der Waals surface area contributed by atoms with Crippen LogP contribution in [0.1, 0.15) is 84.5 Å². The van der Waals surface area contributed by atoms with Crippen molar-refractivity contribution in [2.75, 3.05) is 6.54 Å². The highest BCUT2D eigenvalue weighted by Crippen LogP contribution is 2.22. The smallest absolute Gasteiger partial charge is 0.261 e. The Kier molecular flexibility index (Phi) is 8.68. The Morgan fingerprint density at radius 3 is 2.46 bits per heavy atom. The van der Waals surface area contributed by atoms with Crippen molar-refractivity contribution in [2.24, 2.45) is 0 Å². The predicted molar refractivity (Wildman–Crippen MR) is 115 cm³/mol. The Bertz CT molecular complexity index is 828. The quantitative estimate of drug-likeness (QED) is 0.507. The second-order valence-corrected chi connectivity index (χ2v) is 7.52. The molecule has 1 amide bonds. The van der Waals surface area contributed by atoms with E-state index in [-0.39, 0.29) is 17.5 Å². The summed E-state index contributed by atoms with van der Waals surface area (Å²) in [5, 5.41) is 0.640. The van der Waals surface area contributed by atoms with Gasteiger partial charge in [-0.1, -0.05) is 52.2 Å². The number of aromatic nitrogens is 2. The summed E-state index contributed by atoms with van der Waals surface area (Å²) in [5.74, 6) is 0.866. The summed E-state index contributed by atoms with van der Waals surface area (Å²) >= 11 is 0. The summed E-state index contributed by atoms with van der Waals surface area (Å²) in [5.41, 5.74) is 0.693. The molecule has 1 atom stereocenters. The second-order valence-electron chi connectivity index (χ2n) is 7.52. The molecular weight excluding hydrogens is 350 g/mol. The van der Waals surface area contributed by atoms with Gasteiger partial charge in [-0.3, -0.25) is 14.2 Å². The molecule has 0 aliphatic carbocycles. The Morgan fingerprint density at radius 1 is 1.07 bits per heavy atom. The van der Waals surface area contributed by atoms with Gasteiger partial charge in [-0.2, -0.15) is 0 Å². The van der Waals surface area contributed by atoms with Gasteiger partial charge in [0.2, 0.25) is 5.91 Å². The van der Waals surface area contributed by atoms with E-state index in [1.165, 1.54) is 0 Å². The molecule has 5 heteroatoms. The number of nitrogens with zero attached hydrogens (tertiary/aromatic N) is 3. The molecule has 28 heavy (non-hydrogen) atoms. The van der Waals surface area contributed by atoms with Crippen molar-refractivity contribution in [3.05, 3.63) is 40.4 Å². The lowest BCUT2D eigenvalue weighted by Gasteiger charge is -2.30. The van der Waals surface area contributed by atoms with Crippen molar-refractivity contribution in [1.82, 2.24) is 14.5 Å². The van der Waals surface area contributed by atoms with E-state index in [1.807, 2.05) is 36.1 Å². The van der Waals surface area contributed by atoms with Crippen LogP contribution in [0.4, 0.5) is 0 Å². The first-order valence-corrected chi connectivity index (χ1v) is 10.8. The number of para-hydroxylation sites is 1. The van der Waals surface area contributed by atoms with Crippen LogP contribution >= 0.6 is 0 Å². The van der Waals surface area contributed by atoms with E-state index in [2.05, 4.69) is 20.8 Å². The third-order valence-corrected chi connectivity index (χ3v) is 5.25. The van der Waals surface area contributed by atoms with E-state index < -0.39 is 0 Å². The minimum atomic E-state index is -0.218. The van der Waals surface area contributed by atoms with E-state index in [9.17, 15) is 9.59 Å². The molecule has 1 aromatic heterocycles. The highest BCUT2D eigenvalue weighted by molar-refractivity contribution is 5.78. The zero-order valence-electron chi connectivity index (χ0n) is 17.9. The number of unbranched alkanes of at least 4 members (excludes halogenated alkanes) is 3. The van der Waals surface area contributed by atoms with Crippen molar-refractivity contribution in [2.45, 2.75) is 85.2 Å². The first kappa shape index (κ1) is 22.1. The average molecular weight is 386 g/mol. The second kappa shape index (κ2) is 11.0. The molecule has 0 bridgehead atoms. The first-order chi connectivity index (χ1) is 13.5. The number of amides is 1. The molecule has 0 fully saturated rings. The molecule has 2 rings (SSSR count). The number of rotatable bonds is 11. The number of benzene rings is 1. The van der Waals surface area contributed by atoms with Crippen LogP contribution in [0.5, 0.6) is 0 Å². The third-order valence-electron chi connectivity index (χ3n) is 5.25. The fourth-order valence-corrected chi connectivity index (χ4v) is 3.62. The van der Waals surface area contributed by atoms with Gasteiger partial charge in [0.05, 0.1) is 16.9 Å². The highest BCUT2D eigenvalue weighted by Gasteiger charge is 2.25. The summed E-state index contributed by atoms with van der Waals surface area (Å²) < 4.78 is 1.77. The van der Waals surface area contributed by atoms with Crippen LogP contribution < -0.4 is 5.56 Å². The van der Waals surface area contributed by atoms with Gasteiger partial charge in [0.25, 0.3) is 5.56 Å². The molecule has 1 heterocycles. The van der Waals surface area contributed by atoms with Gasteiger partial charge >= 0.3 is 0 Å². The predicted octanol–water partition coefficient (Wildman–Crippen LogP) is 5.08. The van der Waals surface area contributed by atoms with Crippen molar-refractivity contribution in [1.29, 1.82) is 0 Å². The van der Waals surface area contributed by atoms with Gasteiger partial charge in [0, 0.05) is 19.5 Å². The fraction of sp³-hybridized carbons (Fsp3) is 0.609. The normalized spacial score (nSPS) is 12.3. The molecule has 0 aliphatic heterocycles. The Morgan fingerprint density at radius 2 is 1.79 bits per heavy atom. The fourth-order valence-electron chi connectivity index (χ4n) is 3.62. The van der Waals surface area contributed by atoms with Crippen molar-refractivity contribution >= 4 is 16.8 Å². The van der Waals surface area contributed by atoms with E-state index >= 15 is 0 Å². The maximum atomic E-state index is 13.1. The summed E-state index contributed by atoms with van der Waals surface area (Å²) in [6, 6.07) is 7.26. The van der Waals surface area contributed by atoms with E-state index in [0.717, 1.165) is 38.5 Å². The number of hydrogen-bond acceptors (Lipinski definition) is 3. The molecule has 2 aromatic rings. The molecule has 0 radical (unpaired) electrons. The summed E-state index contributed by atoms with van der Waals surface area (Å²) in [4.78, 5) is 32.8. The van der Waals surface area contributed by atoms with Crippen molar-refractivity contribution in [3.63, 3.8) is 0 Å². The monoisotopic (exact) mass is 385 g/mol. The van der Waals surface area contributed by atoms with Crippen LogP contribution in [0.25, 0.3) is 10.9 Å².